The Hall–Kier alpha value is -2.87. The normalized spacial score (nSPS) is 11.0. The summed E-state index contributed by atoms with van der Waals surface area (Å²) in [7, 11) is 1.60. The Bertz CT molecular complexity index is 882. The molecule has 0 atom stereocenters. The second-order valence-corrected chi connectivity index (χ2v) is 7.24. The molecule has 2 aromatic carbocycles. The topological polar surface area (TPSA) is 89.0 Å². The van der Waals surface area contributed by atoms with Crippen molar-refractivity contribution in [2.24, 2.45) is 5.10 Å². The van der Waals surface area contributed by atoms with Crippen molar-refractivity contribution in [3.63, 3.8) is 0 Å². The fourth-order valence-corrected chi connectivity index (χ4v) is 2.57. The average molecular weight is 462 g/mol. The van der Waals surface area contributed by atoms with Gasteiger partial charge >= 0.3 is 0 Å². The number of carbonyl (C=O) groups excluding carboxylic acids is 2. The van der Waals surface area contributed by atoms with Crippen molar-refractivity contribution in [3.05, 3.63) is 58.1 Å². The van der Waals surface area contributed by atoms with Crippen LogP contribution in [0.15, 0.2) is 52.0 Å². The second-order valence-electron chi connectivity index (χ2n) is 6.38. The van der Waals surface area contributed by atoms with Gasteiger partial charge in [0.2, 0.25) is 5.91 Å². The van der Waals surface area contributed by atoms with Crippen molar-refractivity contribution < 1.29 is 19.1 Å². The van der Waals surface area contributed by atoms with E-state index in [0.29, 0.717) is 18.0 Å². The molecule has 0 aliphatic carbocycles. The number of rotatable bonds is 9. The van der Waals surface area contributed by atoms with Crippen LogP contribution in [0.1, 0.15) is 24.5 Å². The Morgan fingerprint density at radius 1 is 1.07 bits per heavy atom. The minimum absolute atomic E-state index is 0.0865. The largest absolute Gasteiger partial charge is 0.497 e. The number of nitrogens with one attached hydrogen (secondary N) is 2. The summed E-state index contributed by atoms with van der Waals surface area (Å²) in [6.07, 6.45) is 0.0865. The van der Waals surface area contributed by atoms with Gasteiger partial charge in [0, 0.05) is 16.7 Å². The third kappa shape index (κ3) is 7.95. The van der Waals surface area contributed by atoms with E-state index in [1.54, 1.807) is 20.1 Å². The third-order valence-electron chi connectivity index (χ3n) is 3.94. The number of ether oxygens (including phenoxy) is 2. The molecule has 154 valence electrons. The molecule has 0 aromatic heterocycles. The molecule has 0 spiro atoms. The maximum atomic E-state index is 12.0. The Morgan fingerprint density at radius 2 is 1.76 bits per heavy atom. The van der Waals surface area contributed by atoms with E-state index >= 15 is 0 Å². The van der Waals surface area contributed by atoms with E-state index in [1.165, 1.54) is 0 Å². The van der Waals surface area contributed by atoms with Crippen LogP contribution in [-0.2, 0) is 16.1 Å². The molecule has 0 heterocycles. The van der Waals surface area contributed by atoms with Crippen LogP contribution in [0, 0.1) is 6.92 Å². The first-order chi connectivity index (χ1) is 13.9. The first-order valence-electron chi connectivity index (χ1n) is 8.98. The lowest BCUT2D eigenvalue weighted by molar-refractivity contribution is -0.123. The minimum atomic E-state index is -0.399. The number of nitrogens with zero attached hydrogens (tertiary/aromatic N) is 1. The first-order valence-corrected chi connectivity index (χ1v) is 9.77. The van der Waals surface area contributed by atoms with E-state index in [-0.39, 0.29) is 18.9 Å². The van der Waals surface area contributed by atoms with Crippen LogP contribution in [0.25, 0.3) is 0 Å². The monoisotopic (exact) mass is 461 g/mol. The predicted molar refractivity (Wildman–Crippen MR) is 115 cm³/mol. The zero-order valence-electron chi connectivity index (χ0n) is 16.6. The van der Waals surface area contributed by atoms with Gasteiger partial charge in [-0.1, -0.05) is 28.1 Å². The molecule has 0 saturated heterocycles. The van der Waals surface area contributed by atoms with E-state index in [2.05, 4.69) is 31.8 Å². The Kier molecular flexibility index (Phi) is 8.67. The van der Waals surface area contributed by atoms with Crippen molar-refractivity contribution in [2.45, 2.75) is 26.8 Å². The molecule has 2 N–H and O–H groups in total. The number of halogens is 1. The molecule has 2 aromatic rings. The molecule has 0 unspecified atom stereocenters. The number of aryl methyl sites for hydroxylation is 1. The van der Waals surface area contributed by atoms with E-state index in [1.807, 2.05) is 43.3 Å². The van der Waals surface area contributed by atoms with Crippen LogP contribution in [0.2, 0.25) is 0 Å². The zero-order valence-corrected chi connectivity index (χ0v) is 18.2. The fourth-order valence-electron chi connectivity index (χ4n) is 2.32. The predicted octanol–water partition coefficient (Wildman–Crippen LogP) is 3.34. The third-order valence-corrected chi connectivity index (χ3v) is 4.83. The quantitative estimate of drug-likeness (QED) is 0.442. The van der Waals surface area contributed by atoms with Gasteiger partial charge in [-0.25, -0.2) is 5.43 Å². The highest BCUT2D eigenvalue weighted by molar-refractivity contribution is 9.10. The number of carbonyl (C=O) groups is 2. The van der Waals surface area contributed by atoms with Crippen LogP contribution in [0.5, 0.6) is 11.5 Å². The van der Waals surface area contributed by atoms with E-state index in [9.17, 15) is 9.59 Å². The molecule has 0 radical (unpaired) electrons. The highest BCUT2D eigenvalue weighted by Gasteiger charge is 2.06. The molecule has 0 aliphatic heterocycles. The highest BCUT2D eigenvalue weighted by atomic mass is 79.9. The smallest absolute Gasteiger partial charge is 0.277 e. The van der Waals surface area contributed by atoms with Crippen LogP contribution >= 0.6 is 15.9 Å². The Balaban J connectivity index is 1.71. The molecule has 0 fully saturated rings. The van der Waals surface area contributed by atoms with Gasteiger partial charge in [0.1, 0.15) is 11.5 Å². The molecule has 0 saturated carbocycles. The van der Waals surface area contributed by atoms with Crippen LogP contribution in [0.3, 0.4) is 0 Å². The Labute approximate surface area is 178 Å². The molecule has 0 aliphatic rings. The summed E-state index contributed by atoms with van der Waals surface area (Å²) in [5, 5.41) is 6.75. The lowest BCUT2D eigenvalue weighted by Gasteiger charge is -2.08. The van der Waals surface area contributed by atoms with Crippen LogP contribution in [-0.4, -0.2) is 31.2 Å². The van der Waals surface area contributed by atoms with E-state index in [0.717, 1.165) is 21.3 Å². The van der Waals surface area contributed by atoms with Gasteiger partial charge in [-0.3, -0.25) is 9.59 Å². The number of methoxy groups -OCH3 is 1. The van der Waals surface area contributed by atoms with Crippen molar-refractivity contribution in [3.8, 4) is 11.5 Å². The van der Waals surface area contributed by atoms with Crippen LogP contribution < -0.4 is 20.2 Å². The Morgan fingerprint density at radius 3 is 2.41 bits per heavy atom. The van der Waals surface area contributed by atoms with Gasteiger partial charge in [0.25, 0.3) is 5.91 Å². The summed E-state index contributed by atoms with van der Waals surface area (Å²) in [6.45, 7) is 3.85. The van der Waals surface area contributed by atoms with Gasteiger partial charge in [-0.05, 0) is 55.3 Å². The lowest BCUT2D eigenvalue weighted by Crippen LogP contribution is -2.28. The summed E-state index contributed by atoms with van der Waals surface area (Å²) in [4.78, 5) is 23.9. The molecular weight excluding hydrogens is 438 g/mol. The molecule has 8 heteroatoms. The molecule has 2 amide bonds. The van der Waals surface area contributed by atoms with Gasteiger partial charge in [0.15, 0.2) is 6.61 Å². The maximum Gasteiger partial charge on any atom is 0.277 e. The highest BCUT2D eigenvalue weighted by Crippen LogP contribution is 2.21. The lowest BCUT2D eigenvalue weighted by atomic mass is 10.2. The fraction of sp³-hybridized carbons (Fsp3) is 0.286. The van der Waals surface area contributed by atoms with Gasteiger partial charge < -0.3 is 14.8 Å². The summed E-state index contributed by atoms with van der Waals surface area (Å²) in [5.41, 5.74) is 4.85. The van der Waals surface area contributed by atoms with E-state index < -0.39 is 5.91 Å². The van der Waals surface area contributed by atoms with Crippen molar-refractivity contribution in [1.82, 2.24) is 10.7 Å². The standard InChI is InChI=1S/C21H24BrN3O4/c1-14-10-18(8-9-19(14)22)29-13-21(27)25-24-15(2)11-20(26)23-12-16-4-6-17(28-3)7-5-16/h4-10H,11-13H2,1-3H3,(H,23,26)(H,25,27)/b24-15+. The number of hydrazone groups is 1. The van der Waals surface area contributed by atoms with Gasteiger partial charge in [0.05, 0.1) is 13.5 Å². The minimum Gasteiger partial charge on any atom is -0.497 e. The molecular formula is C21H24BrN3O4. The summed E-state index contributed by atoms with van der Waals surface area (Å²) >= 11 is 3.41. The summed E-state index contributed by atoms with van der Waals surface area (Å²) < 4.78 is 11.5. The van der Waals surface area contributed by atoms with Crippen LogP contribution in [0.4, 0.5) is 0 Å². The molecule has 0 bridgehead atoms. The van der Waals surface area contributed by atoms with E-state index in [4.69, 9.17) is 9.47 Å². The van der Waals surface area contributed by atoms with Crippen molar-refractivity contribution in [2.75, 3.05) is 13.7 Å². The van der Waals surface area contributed by atoms with Crippen molar-refractivity contribution in [1.29, 1.82) is 0 Å². The number of amides is 2. The van der Waals surface area contributed by atoms with Gasteiger partial charge in [-0.2, -0.15) is 5.10 Å². The molecule has 2 rings (SSSR count). The SMILES string of the molecule is COc1ccc(CNC(=O)C/C(C)=N/NC(=O)COc2ccc(Br)c(C)c2)cc1. The maximum absolute atomic E-state index is 12.0. The average Bonchev–Trinajstić information content (AvgIpc) is 2.72. The number of hydrogen-bond acceptors (Lipinski definition) is 5. The summed E-state index contributed by atoms with van der Waals surface area (Å²) in [5.74, 6) is 0.777. The zero-order chi connectivity index (χ0) is 21.2. The number of hydrogen-bond donors (Lipinski definition) is 2. The molecule has 7 nitrogen and oxygen atoms in total. The number of benzene rings is 2. The van der Waals surface area contributed by atoms with Gasteiger partial charge in [-0.15, -0.1) is 0 Å². The first kappa shape index (κ1) is 22.4. The second kappa shape index (κ2) is 11.2. The summed E-state index contributed by atoms with van der Waals surface area (Å²) in [6, 6.07) is 12.9. The van der Waals surface area contributed by atoms with Crippen molar-refractivity contribution >= 4 is 33.5 Å². The molecule has 29 heavy (non-hydrogen) atoms.